The molecule has 126 valence electrons. The van der Waals surface area contributed by atoms with Crippen molar-refractivity contribution in [2.75, 3.05) is 25.2 Å². The lowest BCUT2D eigenvalue weighted by atomic mass is 10.1. The maximum atomic E-state index is 11.3. The summed E-state index contributed by atoms with van der Waals surface area (Å²) in [5.74, 6) is 1.53. The van der Waals surface area contributed by atoms with Gasteiger partial charge in [-0.2, -0.15) is 0 Å². The molecule has 0 saturated carbocycles. The fourth-order valence-electron chi connectivity index (χ4n) is 3.25. The van der Waals surface area contributed by atoms with E-state index in [0.717, 1.165) is 42.7 Å². The number of carbonyl (C=O) groups excluding carboxylic acids is 1. The second-order valence-electron chi connectivity index (χ2n) is 6.11. The van der Waals surface area contributed by atoms with Crippen LogP contribution in [0.3, 0.4) is 0 Å². The Balaban J connectivity index is 1.73. The zero-order chi connectivity index (χ0) is 16.9. The van der Waals surface area contributed by atoms with Crippen molar-refractivity contribution in [3.8, 4) is 11.5 Å². The molecule has 1 fully saturated rings. The molecule has 1 saturated heterocycles. The average Bonchev–Trinajstić information content (AvgIpc) is 3.08. The lowest BCUT2D eigenvalue weighted by Crippen LogP contribution is -2.34. The molecule has 0 amide bonds. The van der Waals surface area contributed by atoms with E-state index in [1.165, 1.54) is 0 Å². The number of rotatable bonds is 6. The van der Waals surface area contributed by atoms with Gasteiger partial charge in [-0.1, -0.05) is 18.2 Å². The molecule has 0 spiro atoms. The van der Waals surface area contributed by atoms with Gasteiger partial charge in [-0.05, 0) is 43.5 Å². The van der Waals surface area contributed by atoms with Crippen molar-refractivity contribution in [3.05, 3.63) is 53.6 Å². The monoisotopic (exact) mass is 325 g/mol. The summed E-state index contributed by atoms with van der Waals surface area (Å²) >= 11 is 0. The van der Waals surface area contributed by atoms with Crippen LogP contribution in [0.2, 0.25) is 0 Å². The predicted molar refractivity (Wildman–Crippen MR) is 95.4 cm³/mol. The summed E-state index contributed by atoms with van der Waals surface area (Å²) in [6.07, 6.45) is 3.10. The van der Waals surface area contributed by atoms with Gasteiger partial charge in [0, 0.05) is 18.3 Å². The molecule has 0 unspecified atom stereocenters. The lowest BCUT2D eigenvalue weighted by molar-refractivity contribution is 0.111. The van der Waals surface area contributed by atoms with Crippen LogP contribution in [-0.4, -0.2) is 32.6 Å². The maximum Gasteiger partial charge on any atom is 0.154 e. The molecule has 0 bridgehead atoms. The summed E-state index contributed by atoms with van der Waals surface area (Å²) < 4.78 is 11.3. The van der Waals surface area contributed by atoms with E-state index >= 15 is 0 Å². The van der Waals surface area contributed by atoms with Crippen molar-refractivity contribution in [1.29, 1.82) is 0 Å². The minimum Gasteiger partial charge on any atom is -0.497 e. The first-order chi connectivity index (χ1) is 11.7. The van der Waals surface area contributed by atoms with Crippen LogP contribution in [0.1, 0.15) is 28.8 Å². The highest BCUT2D eigenvalue weighted by Crippen LogP contribution is 2.29. The molecule has 0 N–H and O–H groups in total. The van der Waals surface area contributed by atoms with E-state index in [1.807, 2.05) is 37.3 Å². The Morgan fingerprint density at radius 2 is 2.08 bits per heavy atom. The van der Waals surface area contributed by atoms with Crippen LogP contribution in [0, 0.1) is 6.92 Å². The third-order valence-corrected chi connectivity index (χ3v) is 4.60. The molecule has 4 heteroatoms. The Kier molecular flexibility index (Phi) is 5.04. The second-order valence-corrected chi connectivity index (χ2v) is 6.11. The van der Waals surface area contributed by atoms with Gasteiger partial charge in [0.15, 0.2) is 6.29 Å². The van der Waals surface area contributed by atoms with Crippen LogP contribution >= 0.6 is 0 Å². The molecule has 2 aromatic carbocycles. The molecule has 3 rings (SSSR count). The van der Waals surface area contributed by atoms with E-state index < -0.39 is 0 Å². The van der Waals surface area contributed by atoms with Gasteiger partial charge in [-0.15, -0.1) is 0 Å². The number of hydrogen-bond donors (Lipinski definition) is 0. The van der Waals surface area contributed by atoms with Gasteiger partial charge in [0.1, 0.15) is 18.1 Å². The Labute approximate surface area is 143 Å². The van der Waals surface area contributed by atoms with Crippen molar-refractivity contribution >= 4 is 12.0 Å². The van der Waals surface area contributed by atoms with E-state index in [1.54, 1.807) is 7.11 Å². The molecular formula is C20H23NO3. The van der Waals surface area contributed by atoms with Gasteiger partial charge in [0.2, 0.25) is 0 Å². The van der Waals surface area contributed by atoms with E-state index in [9.17, 15) is 4.79 Å². The minimum atomic E-state index is 0.303. The van der Waals surface area contributed by atoms with Gasteiger partial charge < -0.3 is 14.4 Å². The number of nitrogens with zero attached hydrogens (tertiary/aromatic N) is 1. The minimum absolute atomic E-state index is 0.303. The summed E-state index contributed by atoms with van der Waals surface area (Å²) in [5, 5.41) is 0. The lowest BCUT2D eigenvalue weighted by Gasteiger charge is -2.27. The van der Waals surface area contributed by atoms with Crippen molar-refractivity contribution in [2.45, 2.75) is 25.8 Å². The third kappa shape index (κ3) is 3.37. The molecule has 0 radical (unpaired) electrons. The zero-order valence-electron chi connectivity index (χ0n) is 14.2. The fraction of sp³-hybridized carbons (Fsp3) is 0.350. The largest absolute Gasteiger partial charge is 0.497 e. The molecule has 1 aliphatic heterocycles. The van der Waals surface area contributed by atoms with Crippen LogP contribution in [0.15, 0.2) is 42.5 Å². The van der Waals surface area contributed by atoms with Gasteiger partial charge in [-0.25, -0.2) is 0 Å². The van der Waals surface area contributed by atoms with E-state index in [4.69, 9.17) is 9.47 Å². The zero-order valence-corrected chi connectivity index (χ0v) is 14.2. The first kappa shape index (κ1) is 16.4. The maximum absolute atomic E-state index is 11.3. The number of anilines is 1. The Bertz CT molecular complexity index is 714. The highest BCUT2D eigenvalue weighted by molar-refractivity contribution is 5.81. The van der Waals surface area contributed by atoms with Crippen molar-refractivity contribution in [2.24, 2.45) is 0 Å². The summed E-state index contributed by atoms with van der Waals surface area (Å²) in [6.45, 7) is 3.51. The predicted octanol–water partition coefficient (Wildman–Crippen LogP) is 3.86. The van der Waals surface area contributed by atoms with Crippen LogP contribution < -0.4 is 14.4 Å². The van der Waals surface area contributed by atoms with Gasteiger partial charge in [0.05, 0.1) is 18.7 Å². The standard InChI is InChI=1S/C20H23NO3/c1-15-6-3-10-20(19(15)13-22)24-14-17-8-5-11-21(17)16-7-4-9-18(12-16)23-2/h3-4,6-7,9-10,12-13,17H,5,8,11,14H2,1-2H3/t17-/m0/s1. The Hall–Kier alpha value is -2.49. The number of ether oxygens (including phenoxy) is 2. The summed E-state index contributed by atoms with van der Waals surface area (Å²) in [5.41, 5.74) is 2.74. The quantitative estimate of drug-likeness (QED) is 0.756. The van der Waals surface area contributed by atoms with Gasteiger partial charge >= 0.3 is 0 Å². The number of carbonyl (C=O) groups is 1. The Morgan fingerprint density at radius 1 is 1.25 bits per heavy atom. The molecule has 24 heavy (non-hydrogen) atoms. The number of methoxy groups -OCH3 is 1. The molecule has 0 aromatic heterocycles. The topological polar surface area (TPSA) is 38.8 Å². The second kappa shape index (κ2) is 7.39. The van der Waals surface area contributed by atoms with Crippen molar-refractivity contribution in [1.82, 2.24) is 0 Å². The normalized spacial score (nSPS) is 16.9. The summed E-state index contributed by atoms with van der Waals surface area (Å²) in [7, 11) is 1.68. The first-order valence-corrected chi connectivity index (χ1v) is 8.31. The van der Waals surface area contributed by atoms with Crippen molar-refractivity contribution in [3.63, 3.8) is 0 Å². The third-order valence-electron chi connectivity index (χ3n) is 4.60. The molecule has 0 aliphatic carbocycles. The molecule has 2 aromatic rings. The summed E-state index contributed by atoms with van der Waals surface area (Å²) in [4.78, 5) is 13.7. The molecule has 4 nitrogen and oxygen atoms in total. The summed E-state index contributed by atoms with van der Waals surface area (Å²) in [6, 6.07) is 14.1. The highest BCUT2D eigenvalue weighted by atomic mass is 16.5. The molecule has 1 aliphatic rings. The van der Waals surface area contributed by atoms with Crippen molar-refractivity contribution < 1.29 is 14.3 Å². The number of benzene rings is 2. The van der Waals surface area contributed by atoms with Crippen LogP contribution in [0.4, 0.5) is 5.69 Å². The number of aldehydes is 1. The molecule has 1 atom stereocenters. The van der Waals surface area contributed by atoms with Crippen LogP contribution in [0.25, 0.3) is 0 Å². The SMILES string of the molecule is COc1cccc(N2CCC[C@H]2COc2cccc(C)c2C=O)c1. The number of aryl methyl sites for hydroxylation is 1. The first-order valence-electron chi connectivity index (χ1n) is 8.31. The Morgan fingerprint density at radius 3 is 2.88 bits per heavy atom. The van der Waals surface area contributed by atoms with E-state index in [2.05, 4.69) is 17.0 Å². The van der Waals surface area contributed by atoms with Crippen LogP contribution in [-0.2, 0) is 0 Å². The van der Waals surface area contributed by atoms with Gasteiger partial charge in [-0.3, -0.25) is 4.79 Å². The van der Waals surface area contributed by atoms with Gasteiger partial charge in [0.25, 0.3) is 0 Å². The molecule has 1 heterocycles. The van der Waals surface area contributed by atoms with E-state index in [0.29, 0.717) is 24.0 Å². The van der Waals surface area contributed by atoms with E-state index in [-0.39, 0.29) is 0 Å². The van der Waals surface area contributed by atoms with Crippen LogP contribution in [0.5, 0.6) is 11.5 Å². The molecular weight excluding hydrogens is 302 g/mol. The number of hydrogen-bond acceptors (Lipinski definition) is 4. The highest BCUT2D eigenvalue weighted by Gasteiger charge is 2.26. The average molecular weight is 325 g/mol. The smallest absolute Gasteiger partial charge is 0.154 e. The fourth-order valence-corrected chi connectivity index (χ4v) is 3.25.